The van der Waals surface area contributed by atoms with Crippen LogP contribution in [0.2, 0.25) is 0 Å². The van der Waals surface area contributed by atoms with Gasteiger partial charge in [-0.3, -0.25) is 14.5 Å². The highest BCUT2D eigenvalue weighted by atomic mass is 19.1. The lowest BCUT2D eigenvalue weighted by Crippen LogP contribution is -2.49. The molecule has 2 fully saturated rings. The summed E-state index contributed by atoms with van der Waals surface area (Å²) in [5, 5.41) is 5.94. The molecule has 2 N–H and O–H groups in total. The van der Waals surface area contributed by atoms with E-state index in [0.717, 1.165) is 44.7 Å². The van der Waals surface area contributed by atoms with Crippen molar-refractivity contribution in [2.24, 2.45) is 0 Å². The van der Waals surface area contributed by atoms with Gasteiger partial charge in [-0.05, 0) is 12.5 Å². The summed E-state index contributed by atoms with van der Waals surface area (Å²) in [4.78, 5) is 28.5. The Labute approximate surface area is 157 Å². The van der Waals surface area contributed by atoms with Crippen LogP contribution < -0.4 is 10.6 Å². The van der Waals surface area contributed by atoms with Gasteiger partial charge in [0.2, 0.25) is 11.8 Å². The topological polar surface area (TPSA) is 64.7 Å². The Morgan fingerprint density at radius 2 is 2.00 bits per heavy atom. The minimum Gasteiger partial charge on any atom is -0.349 e. The second-order valence-corrected chi connectivity index (χ2v) is 7.19. The molecule has 8 heteroatoms. The summed E-state index contributed by atoms with van der Waals surface area (Å²) in [5.74, 6) is -1.95. The van der Waals surface area contributed by atoms with E-state index in [0.29, 0.717) is 19.1 Å². The van der Waals surface area contributed by atoms with Crippen LogP contribution in [0.3, 0.4) is 0 Å². The van der Waals surface area contributed by atoms with E-state index >= 15 is 0 Å². The molecule has 2 atom stereocenters. The van der Waals surface area contributed by atoms with Gasteiger partial charge in [0, 0.05) is 63.9 Å². The van der Waals surface area contributed by atoms with E-state index in [-0.39, 0.29) is 23.8 Å². The van der Waals surface area contributed by atoms with E-state index in [4.69, 9.17) is 0 Å². The van der Waals surface area contributed by atoms with E-state index in [2.05, 4.69) is 15.5 Å². The molecule has 2 heterocycles. The normalized spacial score (nSPS) is 21.9. The minimum absolute atomic E-state index is 0.0452. The van der Waals surface area contributed by atoms with Crippen LogP contribution in [-0.4, -0.2) is 66.9 Å². The molecular formula is C19H26F2N4O2. The van der Waals surface area contributed by atoms with Crippen molar-refractivity contribution in [1.82, 2.24) is 20.4 Å². The summed E-state index contributed by atoms with van der Waals surface area (Å²) in [6.45, 7) is 6.49. The molecule has 148 valence electrons. The molecule has 27 heavy (non-hydrogen) atoms. The van der Waals surface area contributed by atoms with Crippen molar-refractivity contribution in [3.63, 3.8) is 0 Å². The summed E-state index contributed by atoms with van der Waals surface area (Å²) in [6, 6.07) is 2.72. The smallest absolute Gasteiger partial charge is 0.225 e. The first-order chi connectivity index (χ1) is 12.9. The second-order valence-electron chi connectivity index (χ2n) is 7.19. The van der Waals surface area contributed by atoms with Gasteiger partial charge in [-0.1, -0.05) is 6.07 Å². The number of hydrogen-bond acceptors (Lipinski definition) is 4. The van der Waals surface area contributed by atoms with Gasteiger partial charge in [0.05, 0.1) is 12.5 Å². The largest absolute Gasteiger partial charge is 0.349 e. The van der Waals surface area contributed by atoms with Gasteiger partial charge < -0.3 is 15.5 Å². The number of hydrogen-bond donors (Lipinski definition) is 2. The van der Waals surface area contributed by atoms with Crippen LogP contribution in [0.1, 0.15) is 31.4 Å². The average molecular weight is 380 g/mol. The average Bonchev–Trinajstić information content (AvgIpc) is 3.12. The Bertz CT molecular complexity index is 694. The molecule has 0 saturated carbocycles. The summed E-state index contributed by atoms with van der Waals surface area (Å²) in [7, 11) is 0. The van der Waals surface area contributed by atoms with Gasteiger partial charge in [0.1, 0.15) is 11.6 Å². The zero-order valence-electron chi connectivity index (χ0n) is 15.5. The Hall–Kier alpha value is -2.06. The highest BCUT2D eigenvalue weighted by molar-refractivity contribution is 5.79. The molecule has 2 aliphatic rings. The molecule has 6 nitrogen and oxygen atoms in total. The van der Waals surface area contributed by atoms with Crippen molar-refractivity contribution in [2.75, 3.05) is 39.3 Å². The number of likely N-dealkylation sites (tertiary alicyclic amines) is 1. The van der Waals surface area contributed by atoms with Crippen LogP contribution in [-0.2, 0) is 9.59 Å². The fraction of sp³-hybridized carbons (Fsp3) is 0.579. The Kier molecular flexibility index (Phi) is 6.38. The number of carbonyl (C=O) groups excluding carboxylic acids is 2. The standard InChI is InChI=1S/C19H26F2N4O2/c1-13(26)23-18(16-3-2-14(20)10-17(16)21)11-19(27)25-7-4-15(12-25)24-8-5-22-6-9-24/h2-3,10,15,18,22H,4-9,11-12H2,1H3,(H,23,26). The van der Waals surface area contributed by atoms with Crippen molar-refractivity contribution >= 4 is 11.8 Å². The van der Waals surface area contributed by atoms with Crippen LogP contribution >= 0.6 is 0 Å². The fourth-order valence-electron chi connectivity index (χ4n) is 3.89. The Morgan fingerprint density at radius 1 is 1.26 bits per heavy atom. The third-order valence-electron chi connectivity index (χ3n) is 5.28. The van der Waals surface area contributed by atoms with Gasteiger partial charge in [0.15, 0.2) is 0 Å². The Balaban J connectivity index is 1.65. The van der Waals surface area contributed by atoms with Crippen molar-refractivity contribution in [2.45, 2.75) is 31.8 Å². The first-order valence-corrected chi connectivity index (χ1v) is 9.38. The summed E-state index contributed by atoms with van der Waals surface area (Å²) in [5.41, 5.74) is 0.123. The lowest BCUT2D eigenvalue weighted by atomic mass is 10.0. The molecule has 2 aliphatic heterocycles. The number of nitrogens with zero attached hydrogens (tertiary/aromatic N) is 2. The molecule has 1 aromatic carbocycles. The quantitative estimate of drug-likeness (QED) is 0.801. The lowest BCUT2D eigenvalue weighted by Gasteiger charge is -2.32. The molecule has 2 saturated heterocycles. The zero-order chi connectivity index (χ0) is 19.4. The molecule has 0 aliphatic carbocycles. The van der Waals surface area contributed by atoms with E-state index < -0.39 is 17.7 Å². The SMILES string of the molecule is CC(=O)NC(CC(=O)N1CCC(N2CCNCC2)C1)c1ccc(F)cc1F. The number of halogens is 2. The maximum Gasteiger partial charge on any atom is 0.225 e. The number of piperazine rings is 1. The zero-order valence-corrected chi connectivity index (χ0v) is 15.5. The van der Waals surface area contributed by atoms with Crippen LogP contribution in [0.5, 0.6) is 0 Å². The first kappa shape index (κ1) is 19.7. The summed E-state index contributed by atoms with van der Waals surface area (Å²) in [6.07, 6.45) is 0.873. The molecule has 0 spiro atoms. The van der Waals surface area contributed by atoms with Crippen molar-refractivity contribution in [3.8, 4) is 0 Å². The van der Waals surface area contributed by atoms with Gasteiger partial charge in [-0.15, -0.1) is 0 Å². The molecule has 2 amide bonds. The molecule has 1 aromatic rings. The third kappa shape index (κ3) is 5.01. The third-order valence-corrected chi connectivity index (χ3v) is 5.28. The number of rotatable bonds is 5. The molecule has 0 bridgehead atoms. The van der Waals surface area contributed by atoms with E-state index in [1.807, 2.05) is 0 Å². The minimum atomic E-state index is -0.811. The summed E-state index contributed by atoms with van der Waals surface area (Å²) >= 11 is 0. The highest BCUT2D eigenvalue weighted by Crippen LogP contribution is 2.24. The van der Waals surface area contributed by atoms with Crippen LogP contribution in [0.25, 0.3) is 0 Å². The van der Waals surface area contributed by atoms with Gasteiger partial charge in [-0.25, -0.2) is 8.78 Å². The van der Waals surface area contributed by atoms with Crippen molar-refractivity contribution in [1.29, 1.82) is 0 Å². The number of amides is 2. The molecular weight excluding hydrogens is 354 g/mol. The molecule has 3 rings (SSSR count). The van der Waals surface area contributed by atoms with Crippen molar-refractivity contribution in [3.05, 3.63) is 35.4 Å². The van der Waals surface area contributed by atoms with E-state index in [1.165, 1.54) is 13.0 Å². The maximum atomic E-state index is 14.2. The first-order valence-electron chi connectivity index (χ1n) is 9.38. The molecule has 0 radical (unpaired) electrons. The predicted octanol–water partition coefficient (Wildman–Crippen LogP) is 1.04. The van der Waals surface area contributed by atoms with Gasteiger partial charge >= 0.3 is 0 Å². The molecule has 2 unspecified atom stereocenters. The maximum absolute atomic E-state index is 14.2. The Morgan fingerprint density at radius 3 is 2.67 bits per heavy atom. The van der Waals surface area contributed by atoms with Crippen LogP contribution in [0, 0.1) is 11.6 Å². The van der Waals surface area contributed by atoms with E-state index in [1.54, 1.807) is 4.90 Å². The monoisotopic (exact) mass is 380 g/mol. The van der Waals surface area contributed by atoms with Crippen LogP contribution in [0.15, 0.2) is 18.2 Å². The molecule has 0 aromatic heterocycles. The fourth-order valence-corrected chi connectivity index (χ4v) is 3.89. The number of nitrogens with one attached hydrogen (secondary N) is 2. The second kappa shape index (κ2) is 8.75. The van der Waals surface area contributed by atoms with E-state index in [9.17, 15) is 18.4 Å². The van der Waals surface area contributed by atoms with Gasteiger partial charge in [-0.2, -0.15) is 0 Å². The summed E-state index contributed by atoms with van der Waals surface area (Å²) < 4.78 is 27.3. The highest BCUT2D eigenvalue weighted by Gasteiger charge is 2.32. The van der Waals surface area contributed by atoms with Crippen molar-refractivity contribution < 1.29 is 18.4 Å². The lowest BCUT2D eigenvalue weighted by molar-refractivity contribution is -0.131. The number of benzene rings is 1. The van der Waals surface area contributed by atoms with Gasteiger partial charge in [0.25, 0.3) is 0 Å². The predicted molar refractivity (Wildman–Crippen MR) is 97.0 cm³/mol. The van der Waals surface area contributed by atoms with Crippen LogP contribution in [0.4, 0.5) is 8.78 Å². The number of carbonyl (C=O) groups is 2.